The fourth-order valence-electron chi connectivity index (χ4n) is 1.44. The molecule has 0 spiro atoms. The molecular weight excluding hydrogens is 276 g/mol. The zero-order valence-electron chi connectivity index (χ0n) is 10.9. The Morgan fingerprint density at radius 3 is 2.85 bits per heavy atom. The number of nitrogens with zero attached hydrogens (tertiary/aromatic N) is 1. The second-order valence-corrected chi connectivity index (χ2v) is 4.57. The molecule has 0 radical (unpaired) electrons. The van der Waals surface area contributed by atoms with Crippen LogP contribution in [0.4, 0.5) is 0 Å². The molecule has 0 aliphatic carbocycles. The zero-order valence-corrected chi connectivity index (χ0v) is 11.7. The molecule has 6 heteroatoms. The number of rotatable bonds is 6. The standard InChI is InChI=1S/C14H14N2O3S/c1-18-12-4-2-3-5-13(12)19-9-14(17)16-15-8-11-6-7-20-10-11/h2-8,10H,9H2,1H3,(H,16,17)/b15-8+. The smallest absolute Gasteiger partial charge is 0.277 e. The first-order valence-corrected chi connectivity index (χ1v) is 6.84. The van der Waals surface area contributed by atoms with Crippen LogP contribution in [0.3, 0.4) is 0 Å². The number of hydrogen-bond acceptors (Lipinski definition) is 5. The van der Waals surface area contributed by atoms with Gasteiger partial charge in [0, 0.05) is 5.56 Å². The van der Waals surface area contributed by atoms with E-state index < -0.39 is 0 Å². The molecule has 2 rings (SSSR count). The highest BCUT2D eigenvalue weighted by atomic mass is 32.1. The van der Waals surface area contributed by atoms with Crippen molar-refractivity contribution in [2.75, 3.05) is 13.7 Å². The Hall–Kier alpha value is -2.34. The van der Waals surface area contributed by atoms with E-state index in [1.54, 1.807) is 36.8 Å². The summed E-state index contributed by atoms with van der Waals surface area (Å²) in [5, 5.41) is 7.71. The number of para-hydroxylation sites is 2. The quantitative estimate of drug-likeness (QED) is 0.656. The number of nitrogens with one attached hydrogen (secondary N) is 1. The molecule has 1 aromatic heterocycles. The summed E-state index contributed by atoms with van der Waals surface area (Å²) >= 11 is 1.57. The van der Waals surface area contributed by atoms with Gasteiger partial charge in [-0.1, -0.05) is 12.1 Å². The molecule has 104 valence electrons. The predicted molar refractivity (Wildman–Crippen MR) is 78.5 cm³/mol. The summed E-state index contributed by atoms with van der Waals surface area (Å²) in [6, 6.07) is 9.05. The van der Waals surface area contributed by atoms with Crippen molar-refractivity contribution < 1.29 is 14.3 Å². The van der Waals surface area contributed by atoms with Crippen LogP contribution in [0.5, 0.6) is 11.5 Å². The molecule has 0 atom stereocenters. The molecule has 0 aliphatic heterocycles. The van der Waals surface area contributed by atoms with Crippen LogP contribution in [0.1, 0.15) is 5.56 Å². The third kappa shape index (κ3) is 4.10. The number of hydrazone groups is 1. The van der Waals surface area contributed by atoms with E-state index in [1.165, 1.54) is 0 Å². The molecule has 20 heavy (non-hydrogen) atoms. The lowest BCUT2D eigenvalue weighted by Gasteiger charge is -2.08. The maximum absolute atomic E-state index is 11.6. The molecule has 1 amide bonds. The van der Waals surface area contributed by atoms with Gasteiger partial charge in [0.25, 0.3) is 5.91 Å². The second kappa shape index (κ2) is 7.30. The van der Waals surface area contributed by atoms with Crippen LogP contribution in [-0.4, -0.2) is 25.8 Å². The number of methoxy groups -OCH3 is 1. The number of carbonyl (C=O) groups is 1. The molecule has 2 aromatic rings. The van der Waals surface area contributed by atoms with Crippen LogP contribution in [0.25, 0.3) is 0 Å². The SMILES string of the molecule is COc1ccccc1OCC(=O)N/N=C/c1ccsc1. The van der Waals surface area contributed by atoms with Crippen LogP contribution in [-0.2, 0) is 4.79 Å². The number of carbonyl (C=O) groups excluding carboxylic acids is 1. The Labute approximate surface area is 120 Å². The number of amides is 1. The van der Waals surface area contributed by atoms with Crippen LogP contribution < -0.4 is 14.9 Å². The van der Waals surface area contributed by atoms with Crippen LogP contribution >= 0.6 is 11.3 Å². The fraction of sp³-hybridized carbons (Fsp3) is 0.143. The Morgan fingerprint density at radius 1 is 1.35 bits per heavy atom. The van der Waals surface area contributed by atoms with Crippen LogP contribution in [0, 0.1) is 0 Å². The summed E-state index contributed by atoms with van der Waals surface area (Å²) in [4.78, 5) is 11.6. The molecule has 1 heterocycles. The number of thiophene rings is 1. The molecule has 5 nitrogen and oxygen atoms in total. The molecule has 0 saturated heterocycles. The van der Waals surface area contributed by atoms with Gasteiger partial charge in [0.05, 0.1) is 13.3 Å². The summed E-state index contributed by atoms with van der Waals surface area (Å²) < 4.78 is 10.5. The number of benzene rings is 1. The van der Waals surface area contributed by atoms with Gasteiger partial charge >= 0.3 is 0 Å². The minimum absolute atomic E-state index is 0.124. The van der Waals surface area contributed by atoms with Gasteiger partial charge in [0.15, 0.2) is 18.1 Å². The topological polar surface area (TPSA) is 59.9 Å². The van der Waals surface area contributed by atoms with Crippen molar-refractivity contribution in [3.63, 3.8) is 0 Å². The summed E-state index contributed by atoms with van der Waals surface area (Å²) in [7, 11) is 1.55. The van der Waals surface area contributed by atoms with Crippen molar-refractivity contribution in [1.29, 1.82) is 0 Å². The molecule has 0 saturated carbocycles. The summed E-state index contributed by atoms with van der Waals surface area (Å²) in [5.41, 5.74) is 3.34. The fourth-order valence-corrected chi connectivity index (χ4v) is 2.05. The lowest BCUT2D eigenvalue weighted by atomic mass is 10.3. The first-order chi connectivity index (χ1) is 9.79. The predicted octanol–water partition coefficient (Wildman–Crippen LogP) is 2.29. The molecular formula is C14H14N2O3S. The van der Waals surface area contributed by atoms with E-state index in [-0.39, 0.29) is 12.5 Å². The van der Waals surface area contributed by atoms with E-state index in [4.69, 9.17) is 9.47 Å². The Bertz CT molecular complexity index is 582. The number of hydrogen-bond donors (Lipinski definition) is 1. The maximum atomic E-state index is 11.6. The highest BCUT2D eigenvalue weighted by Crippen LogP contribution is 2.25. The first-order valence-electron chi connectivity index (χ1n) is 5.89. The minimum atomic E-state index is -0.331. The van der Waals surface area contributed by atoms with E-state index in [0.717, 1.165) is 5.56 Å². The molecule has 0 unspecified atom stereocenters. The van der Waals surface area contributed by atoms with Gasteiger partial charge in [-0.2, -0.15) is 16.4 Å². The Kier molecular flexibility index (Phi) is 5.14. The molecule has 0 aliphatic rings. The average Bonchev–Trinajstić information content (AvgIpc) is 2.98. The van der Waals surface area contributed by atoms with Crippen molar-refractivity contribution in [2.45, 2.75) is 0 Å². The summed E-state index contributed by atoms with van der Waals surface area (Å²) in [6.07, 6.45) is 1.58. The highest BCUT2D eigenvalue weighted by molar-refractivity contribution is 7.08. The lowest BCUT2D eigenvalue weighted by Crippen LogP contribution is -2.24. The van der Waals surface area contributed by atoms with Gasteiger partial charge in [-0.15, -0.1) is 0 Å². The van der Waals surface area contributed by atoms with Crippen molar-refractivity contribution in [2.24, 2.45) is 5.10 Å². The van der Waals surface area contributed by atoms with Crippen molar-refractivity contribution in [3.8, 4) is 11.5 Å². The normalized spacial score (nSPS) is 10.4. The summed E-state index contributed by atoms with van der Waals surface area (Å²) in [6.45, 7) is -0.124. The van der Waals surface area contributed by atoms with Crippen LogP contribution in [0.15, 0.2) is 46.2 Å². The largest absolute Gasteiger partial charge is 0.493 e. The van der Waals surface area contributed by atoms with Gasteiger partial charge in [-0.3, -0.25) is 4.79 Å². The van der Waals surface area contributed by atoms with Gasteiger partial charge in [0.2, 0.25) is 0 Å². The molecule has 0 bridgehead atoms. The second-order valence-electron chi connectivity index (χ2n) is 3.79. The third-order valence-corrected chi connectivity index (χ3v) is 3.08. The van der Waals surface area contributed by atoms with Gasteiger partial charge in [-0.05, 0) is 29.0 Å². The third-order valence-electron chi connectivity index (χ3n) is 2.37. The van der Waals surface area contributed by atoms with Crippen molar-refractivity contribution in [3.05, 3.63) is 46.7 Å². The van der Waals surface area contributed by atoms with Gasteiger partial charge in [-0.25, -0.2) is 5.43 Å². The van der Waals surface area contributed by atoms with Crippen LogP contribution in [0.2, 0.25) is 0 Å². The van der Waals surface area contributed by atoms with Crippen molar-refractivity contribution in [1.82, 2.24) is 5.43 Å². The van der Waals surface area contributed by atoms with Crippen molar-refractivity contribution >= 4 is 23.5 Å². The monoisotopic (exact) mass is 290 g/mol. The Balaban J connectivity index is 1.80. The zero-order chi connectivity index (χ0) is 14.2. The number of ether oxygens (including phenoxy) is 2. The van der Waals surface area contributed by atoms with E-state index in [9.17, 15) is 4.79 Å². The maximum Gasteiger partial charge on any atom is 0.277 e. The molecule has 1 N–H and O–H groups in total. The minimum Gasteiger partial charge on any atom is -0.493 e. The van der Waals surface area contributed by atoms with E-state index >= 15 is 0 Å². The first kappa shape index (κ1) is 14.1. The van der Waals surface area contributed by atoms with E-state index in [1.807, 2.05) is 29.0 Å². The average molecular weight is 290 g/mol. The summed E-state index contributed by atoms with van der Waals surface area (Å²) in [5.74, 6) is 0.774. The van der Waals surface area contributed by atoms with Gasteiger partial charge in [0.1, 0.15) is 0 Å². The van der Waals surface area contributed by atoms with Gasteiger partial charge < -0.3 is 9.47 Å². The highest BCUT2D eigenvalue weighted by Gasteiger charge is 2.05. The van der Waals surface area contributed by atoms with E-state index in [0.29, 0.717) is 11.5 Å². The lowest BCUT2D eigenvalue weighted by molar-refractivity contribution is -0.123. The Morgan fingerprint density at radius 2 is 2.15 bits per heavy atom. The molecule has 1 aromatic carbocycles. The van der Waals surface area contributed by atoms with E-state index in [2.05, 4.69) is 10.5 Å². The molecule has 0 fully saturated rings.